The van der Waals surface area contributed by atoms with Gasteiger partial charge in [0.1, 0.15) is 11.9 Å². The van der Waals surface area contributed by atoms with Crippen molar-refractivity contribution in [2.75, 3.05) is 0 Å². The molecule has 28 heavy (non-hydrogen) atoms. The number of hydrogen-bond acceptors (Lipinski definition) is 2. The van der Waals surface area contributed by atoms with Gasteiger partial charge in [-0.05, 0) is 34.2 Å². The van der Waals surface area contributed by atoms with Crippen LogP contribution in [0.4, 0.5) is 0 Å². The van der Waals surface area contributed by atoms with Gasteiger partial charge >= 0.3 is 0 Å². The second-order valence-corrected chi connectivity index (χ2v) is 8.31. The van der Waals surface area contributed by atoms with E-state index < -0.39 is 6.10 Å². The number of aliphatic hydroxyl groups excluding tert-OH is 1. The van der Waals surface area contributed by atoms with E-state index in [9.17, 15) is 5.11 Å². The Balaban J connectivity index is 1.75. The van der Waals surface area contributed by atoms with Crippen LogP contribution < -0.4 is 0 Å². The molecular formula is C25H26N2O. The van der Waals surface area contributed by atoms with Gasteiger partial charge in [-0.2, -0.15) is 0 Å². The van der Waals surface area contributed by atoms with Crippen LogP contribution in [0.15, 0.2) is 78.9 Å². The summed E-state index contributed by atoms with van der Waals surface area (Å²) in [5, 5.41) is 11.0. The second-order valence-electron chi connectivity index (χ2n) is 8.31. The van der Waals surface area contributed by atoms with Crippen molar-refractivity contribution in [1.29, 1.82) is 0 Å². The van der Waals surface area contributed by atoms with Gasteiger partial charge in [0.05, 0.1) is 11.0 Å². The number of hydrogen-bond donors (Lipinski definition) is 1. The molecule has 1 atom stereocenters. The molecule has 0 spiro atoms. The number of nitrogens with zero attached hydrogens (tertiary/aromatic N) is 2. The van der Waals surface area contributed by atoms with Crippen LogP contribution in [0.2, 0.25) is 0 Å². The van der Waals surface area contributed by atoms with Gasteiger partial charge < -0.3 is 9.67 Å². The number of benzene rings is 3. The Bertz CT molecular complexity index is 1070. The molecule has 0 radical (unpaired) electrons. The molecule has 142 valence electrons. The molecule has 0 unspecified atom stereocenters. The first kappa shape index (κ1) is 18.5. The van der Waals surface area contributed by atoms with E-state index in [0.29, 0.717) is 12.4 Å². The van der Waals surface area contributed by atoms with Crippen LogP contribution in [0.1, 0.15) is 49.4 Å². The fraction of sp³-hybridized carbons (Fsp3) is 0.240. The molecule has 1 aromatic heterocycles. The van der Waals surface area contributed by atoms with Crippen LogP contribution in [0.25, 0.3) is 11.0 Å². The maximum absolute atomic E-state index is 11.0. The third-order valence-electron chi connectivity index (χ3n) is 5.20. The molecule has 3 aromatic carbocycles. The fourth-order valence-electron chi connectivity index (χ4n) is 3.55. The van der Waals surface area contributed by atoms with Crippen molar-refractivity contribution in [2.24, 2.45) is 0 Å². The molecule has 1 N–H and O–H groups in total. The molecule has 0 fully saturated rings. The molecule has 0 aliphatic heterocycles. The van der Waals surface area contributed by atoms with Crippen LogP contribution in [0, 0.1) is 0 Å². The molecule has 4 rings (SSSR count). The number of aromatic nitrogens is 2. The summed E-state index contributed by atoms with van der Waals surface area (Å²) in [7, 11) is 0. The molecule has 4 aromatic rings. The highest BCUT2D eigenvalue weighted by Crippen LogP contribution is 2.27. The molecule has 0 saturated carbocycles. The normalized spacial score (nSPS) is 13.0. The highest BCUT2D eigenvalue weighted by atomic mass is 16.3. The standard InChI is InChI=1S/C25H26N2O/c1-25(2,3)20-15-13-18(14-16-20)17-27-22-12-8-7-11-21(22)26-24(27)23(28)19-9-5-4-6-10-19/h4-16,23,28H,17H2,1-3H3/t23-/m0/s1. The lowest BCUT2D eigenvalue weighted by Gasteiger charge is -2.19. The Hall–Kier alpha value is -2.91. The molecule has 1 heterocycles. The van der Waals surface area contributed by atoms with E-state index in [1.807, 2.05) is 48.5 Å². The van der Waals surface area contributed by atoms with Crippen molar-refractivity contribution in [3.05, 3.63) is 101 Å². The predicted molar refractivity (Wildman–Crippen MR) is 114 cm³/mol. The van der Waals surface area contributed by atoms with Crippen molar-refractivity contribution in [1.82, 2.24) is 9.55 Å². The molecule has 0 amide bonds. The molecule has 0 aliphatic carbocycles. The zero-order chi connectivity index (χ0) is 19.7. The molecule has 0 bridgehead atoms. The van der Waals surface area contributed by atoms with Gasteiger partial charge in [0.15, 0.2) is 0 Å². The maximum atomic E-state index is 11.0. The predicted octanol–water partition coefficient (Wildman–Crippen LogP) is 5.46. The van der Waals surface area contributed by atoms with Crippen LogP contribution in [0.3, 0.4) is 0 Å². The van der Waals surface area contributed by atoms with Gasteiger partial charge in [-0.15, -0.1) is 0 Å². The van der Waals surface area contributed by atoms with E-state index in [-0.39, 0.29) is 5.41 Å². The summed E-state index contributed by atoms with van der Waals surface area (Å²) < 4.78 is 2.12. The average Bonchev–Trinajstić information content (AvgIpc) is 3.06. The summed E-state index contributed by atoms with van der Waals surface area (Å²) in [4.78, 5) is 4.75. The first-order valence-corrected chi connectivity index (χ1v) is 9.71. The largest absolute Gasteiger partial charge is 0.380 e. The van der Waals surface area contributed by atoms with Gasteiger partial charge in [-0.1, -0.05) is 87.5 Å². The molecule has 3 nitrogen and oxygen atoms in total. The third kappa shape index (κ3) is 3.58. The Morgan fingerprint density at radius 3 is 2.18 bits per heavy atom. The van der Waals surface area contributed by atoms with Crippen LogP contribution in [-0.4, -0.2) is 14.7 Å². The minimum atomic E-state index is -0.762. The van der Waals surface area contributed by atoms with E-state index in [4.69, 9.17) is 4.98 Å². The summed E-state index contributed by atoms with van der Waals surface area (Å²) in [6, 6.07) is 26.5. The maximum Gasteiger partial charge on any atom is 0.143 e. The van der Waals surface area contributed by atoms with Gasteiger partial charge in [0, 0.05) is 6.54 Å². The van der Waals surface area contributed by atoms with E-state index in [1.54, 1.807) is 0 Å². The highest BCUT2D eigenvalue weighted by Gasteiger charge is 2.20. The number of aliphatic hydroxyl groups is 1. The van der Waals surface area contributed by atoms with E-state index in [0.717, 1.165) is 16.6 Å². The zero-order valence-corrected chi connectivity index (χ0v) is 16.6. The minimum Gasteiger partial charge on any atom is -0.380 e. The average molecular weight is 370 g/mol. The Morgan fingerprint density at radius 2 is 1.50 bits per heavy atom. The number of para-hydroxylation sites is 2. The van der Waals surface area contributed by atoms with Gasteiger partial charge in [0.25, 0.3) is 0 Å². The molecular weight excluding hydrogens is 344 g/mol. The topological polar surface area (TPSA) is 38.0 Å². The lowest BCUT2D eigenvalue weighted by molar-refractivity contribution is 0.206. The second kappa shape index (κ2) is 7.25. The monoisotopic (exact) mass is 370 g/mol. The summed E-state index contributed by atoms with van der Waals surface area (Å²) in [6.45, 7) is 7.34. The number of fused-ring (bicyclic) bond motifs is 1. The van der Waals surface area contributed by atoms with Gasteiger partial charge in [-0.3, -0.25) is 0 Å². The van der Waals surface area contributed by atoms with Gasteiger partial charge in [-0.25, -0.2) is 4.98 Å². The van der Waals surface area contributed by atoms with Crippen LogP contribution in [0.5, 0.6) is 0 Å². The quantitative estimate of drug-likeness (QED) is 0.518. The lowest BCUT2D eigenvalue weighted by atomic mass is 9.87. The summed E-state index contributed by atoms with van der Waals surface area (Å²) in [5.74, 6) is 0.673. The highest BCUT2D eigenvalue weighted by molar-refractivity contribution is 5.76. The van der Waals surface area contributed by atoms with Gasteiger partial charge in [0.2, 0.25) is 0 Å². The lowest BCUT2D eigenvalue weighted by Crippen LogP contribution is -2.12. The first-order valence-electron chi connectivity index (χ1n) is 9.71. The molecule has 3 heteroatoms. The number of imidazole rings is 1. The van der Waals surface area contributed by atoms with E-state index in [2.05, 4.69) is 55.7 Å². The Labute approximate surface area is 166 Å². The Kier molecular flexibility index (Phi) is 4.78. The minimum absolute atomic E-state index is 0.134. The van der Waals surface area contributed by atoms with Crippen molar-refractivity contribution in [2.45, 2.75) is 38.8 Å². The molecule has 0 saturated heterocycles. The summed E-state index contributed by atoms with van der Waals surface area (Å²) >= 11 is 0. The first-order chi connectivity index (χ1) is 13.4. The Morgan fingerprint density at radius 1 is 0.857 bits per heavy atom. The smallest absolute Gasteiger partial charge is 0.143 e. The van der Waals surface area contributed by atoms with Crippen LogP contribution in [-0.2, 0) is 12.0 Å². The van der Waals surface area contributed by atoms with Crippen molar-refractivity contribution >= 4 is 11.0 Å². The summed E-state index contributed by atoms with van der Waals surface area (Å²) in [6.07, 6.45) is -0.762. The van der Waals surface area contributed by atoms with Crippen molar-refractivity contribution in [3.8, 4) is 0 Å². The van der Waals surface area contributed by atoms with Crippen molar-refractivity contribution in [3.63, 3.8) is 0 Å². The molecule has 0 aliphatic rings. The SMILES string of the molecule is CC(C)(C)c1ccc(Cn2c([C@@H](O)c3ccccc3)nc3ccccc32)cc1. The zero-order valence-electron chi connectivity index (χ0n) is 16.6. The fourth-order valence-corrected chi connectivity index (χ4v) is 3.55. The summed E-state index contributed by atoms with van der Waals surface area (Å²) in [5.41, 5.74) is 5.43. The van der Waals surface area contributed by atoms with E-state index in [1.165, 1.54) is 11.1 Å². The van der Waals surface area contributed by atoms with Crippen molar-refractivity contribution < 1.29 is 5.11 Å². The van der Waals surface area contributed by atoms with Crippen LogP contribution >= 0.6 is 0 Å². The third-order valence-corrected chi connectivity index (χ3v) is 5.20. The number of rotatable bonds is 4. The van der Waals surface area contributed by atoms with E-state index >= 15 is 0 Å².